The van der Waals surface area contributed by atoms with Crippen LogP contribution in [0.5, 0.6) is 0 Å². The topological polar surface area (TPSA) is 80.7 Å². The highest BCUT2D eigenvalue weighted by molar-refractivity contribution is 7.80. The fourth-order valence-electron chi connectivity index (χ4n) is 2.20. The summed E-state index contributed by atoms with van der Waals surface area (Å²) in [5.41, 5.74) is 0. The van der Waals surface area contributed by atoms with Crippen LogP contribution < -0.4 is 0 Å². The molecule has 0 unspecified atom stereocenters. The summed E-state index contributed by atoms with van der Waals surface area (Å²) < 4.78 is 32.9. The van der Waals surface area contributed by atoms with E-state index in [-0.39, 0.29) is 5.78 Å². The largest absolute Gasteiger partial charge is 0.397 e. The monoisotopic (exact) mass is 322 g/mol. The van der Waals surface area contributed by atoms with E-state index in [4.69, 9.17) is 4.55 Å². The summed E-state index contributed by atoms with van der Waals surface area (Å²) in [6, 6.07) is 0. The van der Waals surface area contributed by atoms with Crippen LogP contribution in [0.2, 0.25) is 0 Å². The number of hydrogen-bond acceptors (Lipinski definition) is 4. The molecule has 1 N–H and O–H groups in total. The lowest BCUT2D eigenvalue weighted by molar-refractivity contribution is -0.121. The van der Waals surface area contributed by atoms with Gasteiger partial charge in [-0.15, -0.1) is 0 Å². The Morgan fingerprint density at radius 2 is 1.29 bits per heavy atom. The van der Waals surface area contributed by atoms with E-state index in [1.54, 1.807) is 0 Å². The van der Waals surface area contributed by atoms with Gasteiger partial charge in [-0.2, -0.15) is 8.42 Å². The maximum Gasteiger partial charge on any atom is 0.397 e. The molecular weight excluding hydrogens is 292 g/mol. The molecule has 0 radical (unpaired) electrons. The van der Waals surface area contributed by atoms with Crippen molar-refractivity contribution in [3.05, 3.63) is 0 Å². The van der Waals surface area contributed by atoms with E-state index in [2.05, 4.69) is 11.1 Å². The lowest BCUT2D eigenvalue weighted by Crippen LogP contribution is -2.13. The normalized spacial score (nSPS) is 11.7. The summed E-state index contributed by atoms with van der Waals surface area (Å²) in [4.78, 5) is 11.2. The lowest BCUT2D eigenvalue weighted by Gasteiger charge is -2.03. The van der Waals surface area contributed by atoms with Gasteiger partial charge in [-0.05, 0) is 6.42 Å². The fourth-order valence-corrected chi connectivity index (χ4v) is 2.48. The zero-order valence-corrected chi connectivity index (χ0v) is 14.0. The Morgan fingerprint density at radius 1 is 0.857 bits per heavy atom. The van der Waals surface area contributed by atoms with Gasteiger partial charge in [-0.25, -0.2) is 4.18 Å². The number of carbonyl (C=O) groups is 1. The van der Waals surface area contributed by atoms with Gasteiger partial charge < -0.3 is 0 Å². The molecule has 0 heterocycles. The van der Waals surface area contributed by atoms with Crippen molar-refractivity contribution in [3.8, 4) is 0 Å². The molecule has 0 aliphatic heterocycles. The van der Waals surface area contributed by atoms with Crippen LogP contribution in [0.25, 0.3) is 0 Å². The van der Waals surface area contributed by atoms with Crippen LogP contribution in [-0.4, -0.2) is 25.4 Å². The number of rotatable bonds is 15. The van der Waals surface area contributed by atoms with E-state index in [1.165, 1.54) is 51.4 Å². The van der Waals surface area contributed by atoms with Gasteiger partial charge in [0.1, 0.15) is 6.61 Å². The van der Waals surface area contributed by atoms with Crippen molar-refractivity contribution in [1.82, 2.24) is 0 Å². The Hall–Kier alpha value is -0.460. The molecular formula is C15H30O5S. The standard InChI is InChI=1S/C15H30O5S/c1-2-3-4-5-6-7-8-9-10-11-12-13-15(16)14-20-21(17,18)19/h2-14H2,1H3,(H,17,18,19). The Balaban J connectivity index is 3.23. The Kier molecular flexibility index (Phi) is 12.9. The Labute approximate surface area is 129 Å². The quantitative estimate of drug-likeness (QED) is 0.363. The van der Waals surface area contributed by atoms with Crippen molar-refractivity contribution in [1.29, 1.82) is 0 Å². The third-order valence-electron chi connectivity index (χ3n) is 3.43. The van der Waals surface area contributed by atoms with Crippen LogP contribution in [0, 0.1) is 0 Å². The van der Waals surface area contributed by atoms with Crippen LogP contribution in [0.3, 0.4) is 0 Å². The van der Waals surface area contributed by atoms with Crippen molar-refractivity contribution in [3.63, 3.8) is 0 Å². The molecule has 0 rings (SSSR count). The van der Waals surface area contributed by atoms with Crippen LogP contribution in [-0.2, 0) is 19.4 Å². The minimum Gasteiger partial charge on any atom is -0.297 e. The zero-order valence-electron chi connectivity index (χ0n) is 13.2. The molecule has 0 aromatic carbocycles. The molecule has 21 heavy (non-hydrogen) atoms. The molecule has 0 saturated heterocycles. The second kappa shape index (κ2) is 13.2. The van der Waals surface area contributed by atoms with Crippen molar-refractivity contribution in [2.45, 2.75) is 84.0 Å². The summed E-state index contributed by atoms with van der Waals surface area (Å²) in [5, 5.41) is 0. The van der Waals surface area contributed by atoms with Gasteiger partial charge in [0, 0.05) is 6.42 Å². The van der Waals surface area contributed by atoms with Crippen LogP contribution in [0.1, 0.15) is 84.0 Å². The van der Waals surface area contributed by atoms with E-state index >= 15 is 0 Å². The fraction of sp³-hybridized carbons (Fsp3) is 0.933. The molecule has 5 nitrogen and oxygen atoms in total. The van der Waals surface area contributed by atoms with Crippen LogP contribution in [0.4, 0.5) is 0 Å². The van der Waals surface area contributed by atoms with Gasteiger partial charge in [0.2, 0.25) is 0 Å². The van der Waals surface area contributed by atoms with Gasteiger partial charge in [-0.1, -0.05) is 71.1 Å². The highest BCUT2D eigenvalue weighted by Crippen LogP contribution is 2.12. The molecule has 0 fully saturated rings. The first-order valence-corrected chi connectivity index (χ1v) is 9.45. The number of Topliss-reactive ketones (excluding diaryl/α,β-unsaturated/α-hetero) is 1. The minimum absolute atomic E-state index is 0.288. The third-order valence-corrected chi connectivity index (χ3v) is 3.84. The van der Waals surface area contributed by atoms with E-state index in [0.717, 1.165) is 19.3 Å². The predicted octanol–water partition coefficient (Wildman–Crippen LogP) is 4.08. The summed E-state index contributed by atoms with van der Waals surface area (Å²) in [6.07, 6.45) is 13.6. The lowest BCUT2D eigenvalue weighted by atomic mass is 10.0. The SMILES string of the molecule is CCCCCCCCCCCCCC(=O)COS(=O)(=O)O. The van der Waals surface area contributed by atoms with Gasteiger partial charge in [0.15, 0.2) is 5.78 Å². The summed E-state index contributed by atoms with van der Waals surface area (Å²) in [5.74, 6) is -0.288. The second-order valence-corrected chi connectivity index (χ2v) is 6.61. The summed E-state index contributed by atoms with van der Waals surface area (Å²) in [6.45, 7) is 1.66. The first kappa shape index (κ1) is 20.5. The highest BCUT2D eigenvalue weighted by Gasteiger charge is 2.09. The Bertz CT molecular complexity index is 351. The molecule has 0 aliphatic rings. The predicted molar refractivity (Wildman–Crippen MR) is 83.6 cm³/mol. The van der Waals surface area contributed by atoms with E-state index in [9.17, 15) is 13.2 Å². The van der Waals surface area contributed by atoms with Gasteiger partial charge in [0.05, 0.1) is 0 Å². The first-order chi connectivity index (χ1) is 9.95. The van der Waals surface area contributed by atoms with Gasteiger partial charge >= 0.3 is 10.4 Å². The maximum absolute atomic E-state index is 11.2. The van der Waals surface area contributed by atoms with E-state index < -0.39 is 17.0 Å². The number of carbonyl (C=O) groups excluding carboxylic acids is 1. The van der Waals surface area contributed by atoms with Gasteiger partial charge in [-0.3, -0.25) is 9.35 Å². The van der Waals surface area contributed by atoms with Crippen LogP contribution >= 0.6 is 0 Å². The molecule has 0 aromatic heterocycles. The minimum atomic E-state index is -4.49. The molecule has 0 aromatic rings. The van der Waals surface area contributed by atoms with Gasteiger partial charge in [0.25, 0.3) is 0 Å². The number of unbranched alkanes of at least 4 members (excludes halogenated alkanes) is 10. The van der Waals surface area contributed by atoms with E-state index in [1.807, 2.05) is 0 Å². The molecule has 0 amide bonds. The average Bonchev–Trinajstić information content (AvgIpc) is 2.42. The van der Waals surface area contributed by atoms with Crippen molar-refractivity contribution in [2.75, 3.05) is 6.61 Å². The number of ketones is 1. The summed E-state index contributed by atoms with van der Waals surface area (Å²) >= 11 is 0. The number of hydrogen-bond donors (Lipinski definition) is 1. The second-order valence-electron chi connectivity index (χ2n) is 5.51. The molecule has 6 heteroatoms. The van der Waals surface area contributed by atoms with Crippen molar-refractivity contribution in [2.24, 2.45) is 0 Å². The van der Waals surface area contributed by atoms with Crippen LogP contribution in [0.15, 0.2) is 0 Å². The molecule has 0 aliphatic carbocycles. The maximum atomic E-state index is 11.2. The highest BCUT2D eigenvalue weighted by atomic mass is 32.3. The van der Waals surface area contributed by atoms with Crippen molar-refractivity contribution >= 4 is 16.2 Å². The molecule has 0 atom stereocenters. The molecule has 0 bridgehead atoms. The summed E-state index contributed by atoms with van der Waals surface area (Å²) in [7, 11) is -4.49. The molecule has 0 spiro atoms. The zero-order chi connectivity index (χ0) is 16.0. The first-order valence-electron chi connectivity index (χ1n) is 8.09. The smallest absolute Gasteiger partial charge is 0.297 e. The average molecular weight is 322 g/mol. The molecule has 0 saturated carbocycles. The molecule has 126 valence electrons. The van der Waals surface area contributed by atoms with Crippen molar-refractivity contribution < 1.29 is 21.9 Å². The Morgan fingerprint density at radius 3 is 1.71 bits per heavy atom. The third kappa shape index (κ3) is 17.5. The van der Waals surface area contributed by atoms with E-state index in [0.29, 0.717) is 6.42 Å².